The molecule has 0 aromatic carbocycles. The van der Waals surface area contributed by atoms with Crippen molar-refractivity contribution in [2.45, 2.75) is 482 Å². The zero-order valence-electron chi connectivity index (χ0n) is 59.5. The summed E-state index contributed by atoms with van der Waals surface area (Å²) < 4.78 is 5.52. The van der Waals surface area contributed by atoms with E-state index in [9.17, 15) is 19.8 Å². The van der Waals surface area contributed by atoms with E-state index < -0.39 is 12.1 Å². The van der Waals surface area contributed by atoms with E-state index in [4.69, 9.17) is 4.74 Å². The number of carbonyl (C=O) groups excluding carboxylic acids is 2. The van der Waals surface area contributed by atoms with E-state index >= 15 is 0 Å². The van der Waals surface area contributed by atoms with Gasteiger partial charge in [0.15, 0.2) is 0 Å². The zero-order valence-corrected chi connectivity index (χ0v) is 59.5. The first-order chi connectivity index (χ1) is 43.0. The summed E-state index contributed by atoms with van der Waals surface area (Å²) in [6.07, 6.45) is 97.5. The number of hydrogen-bond acceptors (Lipinski definition) is 5. The normalized spacial score (nSPS) is 12.5. The van der Waals surface area contributed by atoms with Crippen LogP contribution in [0.5, 0.6) is 0 Å². The molecule has 1 amide bonds. The standard InChI is InChI=1S/C81H159NO5/c1-3-5-7-9-11-13-15-17-19-43-47-51-55-59-63-67-71-75-81(86)87-76-72-68-64-60-56-52-48-45-42-40-38-36-34-32-30-28-26-24-22-20-21-23-25-27-29-31-33-35-37-39-41-44-46-50-54-58-62-66-70-74-80(85)82-78(77-83)79(84)73-69-65-61-57-53-49-18-16-14-12-10-8-6-4-2/h20-21,78-79,83-84H,3-19,22-77H2,1-2H3,(H,82,85)/b21-20-. The van der Waals surface area contributed by atoms with Gasteiger partial charge in [0.05, 0.1) is 25.4 Å². The Kier molecular flexibility index (Phi) is 75.8. The van der Waals surface area contributed by atoms with E-state index in [-0.39, 0.29) is 18.5 Å². The van der Waals surface area contributed by atoms with Gasteiger partial charge in [-0.25, -0.2) is 0 Å². The van der Waals surface area contributed by atoms with Crippen LogP contribution in [0.4, 0.5) is 0 Å². The molecule has 0 spiro atoms. The maximum absolute atomic E-state index is 12.5. The molecule has 3 N–H and O–H groups in total. The molecule has 0 radical (unpaired) electrons. The Labute approximate surface area is 546 Å². The van der Waals surface area contributed by atoms with Gasteiger partial charge >= 0.3 is 5.97 Å². The fourth-order valence-electron chi connectivity index (χ4n) is 13.2. The Morgan fingerprint density at radius 1 is 0.310 bits per heavy atom. The number of aliphatic hydroxyl groups excluding tert-OH is 2. The Morgan fingerprint density at radius 3 is 0.816 bits per heavy atom. The van der Waals surface area contributed by atoms with Crippen molar-refractivity contribution in [2.75, 3.05) is 13.2 Å². The first-order valence-electron chi connectivity index (χ1n) is 40.4. The number of esters is 1. The number of hydrogen-bond donors (Lipinski definition) is 3. The summed E-state index contributed by atoms with van der Waals surface area (Å²) in [6.45, 7) is 5.01. The lowest BCUT2D eigenvalue weighted by molar-refractivity contribution is -0.143. The van der Waals surface area contributed by atoms with Crippen molar-refractivity contribution in [1.29, 1.82) is 0 Å². The summed E-state index contributed by atoms with van der Waals surface area (Å²) in [5.74, 6) is 0.000523. The predicted molar refractivity (Wildman–Crippen MR) is 384 cm³/mol. The Bertz CT molecular complexity index is 1320. The van der Waals surface area contributed by atoms with Crippen LogP contribution in [0.3, 0.4) is 0 Å². The molecule has 87 heavy (non-hydrogen) atoms. The fourth-order valence-corrected chi connectivity index (χ4v) is 13.2. The van der Waals surface area contributed by atoms with E-state index in [1.165, 1.54) is 398 Å². The second-order valence-electron chi connectivity index (χ2n) is 28.1. The minimum Gasteiger partial charge on any atom is -0.466 e. The topological polar surface area (TPSA) is 95.9 Å². The number of amides is 1. The van der Waals surface area contributed by atoms with E-state index in [1.54, 1.807) is 0 Å². The molecule has 518 valence electrons. The predicted octanol–water partition coefficient (Wildman–Crippen LogP) is 26.7. The van der Waals surface area contributed by atoms with Crippen LogP contribution in [0.2, 0.25) is 0 Å². The maximum Gasteiger partial charge on any atom is 0.305 e. The monoisotopic (exact) mass is 1230 g/mol. The molecule has 6 nitrogen and oxygen atoms in total. The molecule has 2 atom stereocenters. The second-order valence-corrected chi connectivity index (χ2v) is 28.1. The first-order valence-corrected chi connectivity index (χ1v) is 40.4. The quantitative estimate of drug-likeness (QED) is 0.0320. The third kappa shape index (κ3) is 73.5. The molecule has 0 saturated heterocycles. The van der Waals surface area contributed by atoms with Gasteiger partial charge in [0.2, 0.25) is 5.91 Å². The number of unbranched alkanes of at least 4 members (excludes halogenated alkanes) is 64. The van der Waals surface area contributed by atoms with E-state index in [2.05, 4.69) is 31.3 Å². The molecule has 0 aliphatic carbocycles. The van der Waals surface area contributed by atoms with Gasteiger partial charge in [-0.05, 0) is 51.4 Å². The Hall–Kier alpha value is -1.40. The highest BCUT2D eigenvalue weighted by molar-refractivity contribution is 5.76. The highest BCUT2D eigenvalue weighted by Gasteiger charge is 2.20. The number of ether oxygens (including phenoxy) is 1. The second kappa shape index (κ2) is 77.1. The van der Waals surface area contributed by atoms with Crippen LogP contribution in [0, 0.1) is 0 Å². The smallest absolute Gasteiger partial charge is 0.305 e. The molecule has 0 aliphatic heterocycles. The molecule has 0 aromatic rings. The van der Waals surface area contributed by atoms with Crippen LogP contribution in [0.15, 0.2) is 12.2 Å². The highest BCUT2D eigenvalue weighted by Crippen LogP contribution is 2.20. The first kappa shape index (κ1) is 85.6. The van der Waals surface area contributed by atoms with Crippen molar-refractivity contribution in [3.8, 4) is 0 Å². The molecule has 0 aliphatic rings. The van der Waals surface area contributed by atoms with Crippen LogP contribution in [-0.2, 0) is 14.3 Å². The average Bonchev–Trinajstić information content (AvgIpc) is 3.53. The van der Waals surface area contributed by atoms with E-state index in [0.717, 1.165) is 38.5 Å². The van der Waals surface area contributed by atoms with Crippen molar-refractivity contribution in [3.05, 3.63) is 12.2 Å². The average molecular weight is 1230 g/mol. The number of nitrogens with one attached hydrogen (secondary N) is 1. The van der Waals surface area contributed by atoms with Crippen molar-refractivity contribution in [2.24, 2.45) is 0 Å². The molecule has 0 fully saturated rings. The van der Waals surface area contributed by atoms with Gasteiger partial charge in [-0.3, -0.25) is 9.59 Å². The van der Waals surface area contributed by atoms with E-state index in [0.29, 0.717) is 25.9 Å². The third-order valence-electron chi connectivity index (χ3n) is 19.3. The lowest BCUT2D eigenvalue weighted by atomic mass is 10.0. The fraction of sp³-hybridized carbons (Fsp3) is 0.951. The lowest BCUT2D eigenvalue weighted by Crippen LogP contribution is -2.45. The number of carbonyl (C=O) groups is 2. The summed E-state index contributed by atoms with van der Waals surface area (Å²) in [5.41, 5.74) is 0. The maximum atomic E-state index is 12.5. The number of rotatable bonds is 77. The van der Waals surface area contributed by atoms with Gasteiger partial charge in [-0.2, -0.15) is 0 Å². The highest BCUT2D eigenvalue weighted by atomic mass is 16.5. The SMILES string of the molecule is CCCCCCCCCCCCCCCCCCCC(=O)OCCCCCCCCCCCCCCCCCCCC/C=C\CCCCCCCCCCCCCCCCCCCC(=O)NC(CO)C(O)CCCCCCCCCCCCCCCC. The van der Waals surface area contributed by atoms with Gasteiger partial charge in [0.1, 0.15) is 0 Å². The summed E-state index contributed by atoms with van der Waals surface area (Å²) in [5, 5.41) is 23.3. The van der Waals surface area contributed by atoms with Gasteiger partial charge in [-0.15, -0.1) is 0 Å². The van der Waals surface area contributed by atoms with Crippen LogP contribution >= 0.6 is 0 Å². The Balaban J connectivity index is 3.29. The molecule has 6 heteroatoms. The lowest BCUT2D eigenvalue weighted by Gasteiger charge is -2.22. The van der Waals surface area contributed by atoms with E-state index in [1.807, 2.05) is 0 Å². The summed E-state index contributed by atoms with van der Waals surface area (Å²) in [6, 6.07) is -0.537. The minimum absolute atomic E-state index is 0.0271. The molecule has 0 bridgehead atoms. The van der Waals surface area contributed by atoms with Gasteiger partial charge in [0, 0.05) is 12.8 Å². The largest absolute Gasteiger partial charge is 0.466 e. The number of allylic oxidation sites excluding steroid dienone is 2. The summed E-state index contributed by atoms with van der Waals surface area (Å²) >= 11 is 0. The van der Waals surface area contributed by atoms with Crippen molar-refractivity contribution in [1.82, 2.24) is 5.32 Å². The molecule has 0 saturated carbocycles. The molecular weight excluding hydrogens is 1070 g/mol. The molecule has 0 rings (SSSR count). The molecule has 0 heterocycles. The van der Waals surface area contributed by atoms with Crippen LogP contribution in [0.25, 0.3) is 0 Å². The number of aliphatic hydroxyl groups is 2. The Morgan fingerprint density at radius 2 is 0.540 bits per heavy atom. The van der Waals surface area contributed by atoms with Crippen molar-refractivity contribution < 1.29 is 24.5 Å². The zero-order chi connectivity index (χ0) is 62.8. The molecular formula is C81H159NO5. The van der Waals surface area contributed by atoms with Crippen LogP contribution in [-0.4, -0.2) is 47.4 Å². The molecule has 0 aromatic heterocycles. The van der Waals surface area contributed by atoms with Crippen LogP contribution < -0.4 is 5.32 Å². The molecule has 2 unspecified atom stereocenters. The van der Waals surface area contributed by atoms with Crippen LogP contribution in [0.1, 0.15) is 470 Å². The van der Waals surface area contributed by atoms with Gasteiger partial charge in [0.25, 0.3) is 0 Å². The minimum atomic E-state index is -0.660. The van der Waals surface area contributed by atoms with Crippen molar-refractivity contribution >= 4 is 11.9 Å². The van der Waals surface area contributed by atoms with Gasteiger partial charge < -0.3 is 20.3 Å². The summed E-state index contributed by atoms with van der Waals surface area (Å²) in [4.78, 5) is 24.6. The van der Waals surface area contributed by atoms with Gasteiger partial charge in [-0.1, -0.05) is 418 Å². The summed E-state index contributed by atoms with van der Waals surface area (Å²) in [7, 11) is 0. The third-order valence-corrected chi connectivity index (χ3v) is 19.3. The van der Waals surface area contributed by atoms with Crippen molar-refractivity contribution in [3.63, 3.8) is 0 Å².